The van der Waals surface area contributed by atoms with E-state index in [9.17, 15) is 4.79 Å². The van der Waals surface area contributed by atoms with Gasteiger partial charge in [-0.15, -0.1) is 11.3 Å². The van der Waals surface area contributed by atoms with Gasteiger partial charge in [-0.05, 0) is 37.8 Å². The smallest absolute Gasteiger partial charge is 0.259 e. The SMILES string of the molecule is O=C(Nc1nc2c(s1)CCCCCC2)c1cccnc1. The molecule has 1 aliphatic carbocycles. The number of hydrogen-bond acceptors (Lipinski definition) is 4. The van der Waals surface area contributed by atoms with E-state index in [-0.39, 0.29) is 5.91 Å². The van der Waals surface area contributed by atoms with E-state index in [0.29, 0.717) is 10.7 Å². The van der Waals surface area contributed by atoms with Crippen molar-refractivity contribution in [3.63, 3.8) is 0 Å². The minimum absolute atomic E-state index is 0.139. The minimum Gasteiger partial charge on any atom is -0.298 e. The van der Waals surface area contributed by atoms with Gasteiger partial charge >= 0.3 is 0 Å². The molecule has 5 heteroatoms. The fraction of sp³-hybridized carbons (Fsp3) is 0.400. The monoisotopic (exact) mass is 287 g/mol. The van der Waals surface area contributed by atoms with Gasteiger partial charge < -0.3 is 0 Å². The van der Waals surface area contributed by atoms with Gasteiger partial charge in [0.1, 0.15) is 0 Å². The molecule has 0 unspecified atom stereocenters. The molecule has 104 valence electrons. The van der Waals surface area contributed by atoms with Crippen molar-refractivity contribution >= 4 is 22.4 Å². The molecule has 3 rings (SSSR count). The van der Waals surface area contributed by atoms with Crippen LogP contribution in [0, 0.1) is 0 Å². The number of aromatic nitrogens is 2. The largest absolute Gasteiger partial charge is 0.298 e. The molecule has 0 aliphatic heterocycles. The summed E-state index contributed by atoms with van der Waals surface area (Å²) in [7, 11) is 0. The van der Waals surface area contributed by atoms with Crippen LogP contribution in [0.15, 0.2) is 24.5 Å². The van der Waals surface area contributed by atoms with Crippen LogP contribution in [0.4, 0.5) is 5.13 Å². The molecule has 0 bridgehead atoms. The molecule has 0 radical (unpaired) electrons. The molecule has 1 N–H and O–H groups in total. The average molecular weight is 287 g/mol. The van der Waals surface area contributed by atoms with Gasteiger partial charge in [-0.3, -0.25) is 15.1 Å². The Morgan fingerprint density at radius 1 is 1.20 bits per heavy atom. The van der Waals surface area contributed by atoms with Crippen LogP contribution in [-0.2, 0) is 12.8 Å². The Morgan fingerprint density at radius 2 is 2.05 bits per heavy atom. The maximum atomic E-state index is 12.1. The Balaban J connectivity index is 1.75. The minimum atomic E-state index is -0.139. The van der Waals surface area contributed by atoms with E-state index in [2.05, 4.69) is 15.3 Å². The number of carbonyl (C=O) groups is 1. The molecule has 2 aromatic rings. The molecular formula is C15H17N3OS. The highest BCUT2D eigenvalue weighted by atomic mass is 32.1. The summed E-state index contributed by atoms with van der Waals surface area (Å²) in [6.07, 6.45) is 10.4. The summed E-state index contributed by atoms with van der Waals surface area (Å²) in [6, 6.07) is 3.52. The van der Waals surface area contributed by atoms with E-state index in [1.54, 1.807) is 35.9 Å². The van der Waals surface area contributed by atoms with Crippen molar-refractivity contribution in [1.82, 2.24) is 9.97 Å². The van der Waals surface area contributed by atoms with E-state index < -0.39 is 0 Å². The highest BCUT2D eigenvalue weighted by Crippen LogP contribution is 2.28. The highest BCUT2D eigenvalue weighted by Gasteiger charge is 2.15. The van der Waals surface area contributed by atoms with Crippen molar-refractivity contribution in [3.05, 3.63) is 40.7 Å². The molecule has 1 aliphatic rings. The van der Waals surface area contributed by atoms with E-state index >= 15 is 0 Å². The van der Waals surface area contributed by atoms with E-state index in [0.717, 1.165) is 12.8 Å². The molecule has 0 atom stereocenters. The maximum Gasteiger partial charge on any atom is 0.259 e. The summed E-state index contributed by atoms with van der Waals surface area (Å²) < 4.78 is 0. The molecule has 2 aromatic heterocycles. The second-order valence-electron chi connectivity index (χ2n) is 5.00. The normalized spacial score (nSPS) is 15.0. The van der Waals surface area contributed by atoms with Gasteiger partial charge in [0.25, 0.3) is 5.91 Å². The Morgan fingerprint density at radius 3 is 2.85 bits per heavy atom. The molecule has 0 aromatic carbocycles. The van der Waals surface area contributed by atoms with Crippen LogP contribution in [-0.4, -0.2) is 15.9 Å². The van der Waals surface area contributed by atoms with E-state index in [4.69, 9.17) is 0 Å². The van der Waals surface area contributed by atoms with Crippen molar-refractivity contribution in [3.8, 4) is 0 Å². The summed E-state index contributed by atoms with van der Waals surface area (Å²) in [6.45, 7) is 0. The number of rotatable bonds is 2. The van der Waals surface area contributed by atoms with Gasteiger partial charge in [0.2, 0.25) is 0 Å². The van der Waals surface area contributed by atoms with Gasteiger partial charge in [0.05, 0.1) is 11.3 Å². The first-order valence-electron chi connectivity index (χ1n) is 7.03. The second kappa shape index (κ2) is 6.13. The number of carbonyl (C=O) groups excluding carboxylic acids is 1. The number of pyridine rings is 1. The lowest BCUT2D eigenvalue weighted by molar-refractivity contribution is 0.102. The number of nitrogens with zero attached hydrogens (tertiary/aromatic N) is 2. The van der Waals surface area contributed by atoms with Gasteiger partial charge in [-0.1, -0.05) is 12.8 Å². The van der Waals surface area contributed by atoms with Crippen molar-refractivity contribution < 1.29 is 4.79 Å². The first kappa shape index (κ1) is 13.2. The number of fused-ring (bicyclic) bond motifs is 1. The van der Waals surface area contributed by atoms with Crippen LogP contribution in [0.3, 0.4) is 0 Å². The fourth-order valence-corrected chi connectivity index (χ4v) is 3.47. The maximum absolute atomic E-state index is 12.1. The topological polar surface area (TPSA) is 54.9 Å². The molecule has 20 heavy (non-hydrogen) atoms. The zero-order chi connectivity index (χ0) is 13.8. The third kappa shape index (κ3) is 3.04. The summed E-state index contributed by atoms with van der Waals surface area (Å²) >= 11 is 1.62. The van der Waals surface area contributed by atoms with Gasteiger partial charge in [0.15, 0.2) is 5.13 Å². The van der Waals surface area contributed by atoms with Crippen molar-refractivity contribution in [2.75, 3.05) is 5.32 Å². The van der Waals surface area contributed by atoms with Crippen molar-refractivity contribution in [2.45, 2.75) is 38.5 Å². The Bertz CT molecular complexity index is 569. The van der Waals surface area contributed by atoms with Crippen molar-refractivity contribution in [2.24, 2.45) is 0 Å². The summed E-state index contributed by atoms with van der Waals surface area (Å²) in [5.74, 6) is -0.139. The number of amides is 1. The second-order valence-corrected chi connectivity index (χ2v) is 6.08. The molecule has 0 spiro atoms. The van der Waals surface area contributed by atoms with Gasteiger partial charge in [0, 0.05) is 17.3 Å². The molecular weight excluding hydrogens is 270 g/mol. The number of anilines is 1. The van der Waals surface area contributed by atoms with Gasteiger partial charge in [-0.2, -0.15) is 0 Å². The van der Waals surface area contributed by atoms with Crippen molar-refractivity contribution in [1.29, 1.82) is 0 Å². The number of thiazole rings is 1. The fourth-order valence-electron chi connectivity index (χ4n) is 2.43. The molecule has 2 heterocycles. The standard InChI is InChI=1S/C15H17N3OS/c19-14(11-6-5-9-16-10-11)18-15-17-12-7-3-1-2-4-8-13(12)20-15/h5-6,9-10H,1-4,7-8H2,(H,17,18,19). The van der Waals surface area contributed by atoms with Gasteiger partial charge in [-0.25, -0.2) is 4.98 Å². The summed E-state index contributed by atoms with van der Waals surface area (Å²) in [5.41, 5.74) is 1.74. The lowest BCUT2D eigenvalue weighted by Crippen LogP contribution is -2.11. The van der Waals surface area contributed by atoms with Crippen LogP contribution in [0.5, 0.6) is 0 Å². The van der Waals surface area contributed by atoms with E-state index in [1.807, 2.05) is 0 Å². The molecule has 0 saturated carbocycles. The first-order chi connectivity index (χ1) is 9.83. The third-order valence-corrected chi connectivity index (χ3v) is 4.56. The van der Waals surface area contributed by atoms with Crippen LogP contribution < -0.4 is 5.32 Å². The third-order valence-electron chi connectivity index (χ3n) is 3.49. The quantitative estimate of drug-likeness (QED) is 0.920. The Kier molecular flexibility index (Phi) is 4.06. The zero-order valence-corrected chi connectivity index (χ0v) is 12.1. The highest BCUT2D eigenvalue weighted by molar-refractivity contribution is 7.15. The molecule has 4 nitrogen and oxygen atoms in total. The van der Waals surface area contributed by atoms with Crippen LogP contribution in [0.2, 0.25) is 0 Å². The summed E-state index contributed by atoms with van der Waals surface area (Å²) in [5, 5.41) is 3.60. The van der Waals surface area contributed by atoms with Crippen LogP contribution >= 0.6 is 11.3 Å². The number of hydrogen-bond donors (Lipinski definition) is 1. The number of nitrogens with one attached hydrogen (secondary N) is 1. The number of aryl methyl sites for hydroxylation is 2. The first-order valence-corrected chi connectivity index (χ1v) is 7.84. The van der Waals surface area contributed by atoms with E-state index in [1.165, 1.54) is 36.3 Å². The predicted octanol–water partition coefficient (Wildman–Crippen LogP) is 3.45. The Hall–Kier alpha value is -1.75. The zero-order valence-electron chi connectivity index (χ0n) is 11.3. The van der Waals surface area contributed by atoms with Crippen LogP contribution in [0.1, 0.15) is 46.6 Å². The summed E-state index contributed by atoms with van der Waals surface area (Å²) in [4.78, 5) is 22.0. The molecule has 0 fully saturated rings. The Labute approximate surface area is 122 Å². The average Bonchev–Trinajstić information content (AvgIpc) is 2.81. The van der Waals surface area contributed by atoms with Crippen LogP contribution in [0.25, 0.3) is 0 Å². The lowest BCUT2D eigenvalue weighted by Gasteiger charge is -2.06. The molecule has 0 saturated heterocycles. The molecule has 1 amide bonds. The predicted molar refractivity (Wildman–Crippen MR) is 80.2 cm³/mol. The lowest BCUT2D eigenvalue weighted by atomic mass is 10.0.